The minimum Gasteiger partial charge on any atom is -0.353 e. The molecule has 94 valence electrons. The maximum absolute atomic E-state index is 4.38. The third-order valence-corrected chi connectivity index (χ3v) is 3.70. The zero-order valence-electron chi connectivity index (χ0n) is 10.4. The highest BCUT2D eigenvalue weighted by Gasteiger charge is 2.19. The number of halogens is 1. The first-order valence-corrected chi connectivity index (χ1v) is 7.17. The number of nitrogens with zero attached hydrogens (tertiary/aromatic N) is 4. The van der Waals surface area contributed by atoms with Gasteiger partial charge >= 0.3 is 0 Å². The summed E-state index contributed by atoms with van der Waals surface area (Å²) in [6, 6.07) is 0. The molecule has 0 unspecified atom stereocenters. The lowest BCUT2D eigenvalue weighted by Crippen LogP contribution is -2.47. The van der Waals surface area contributed by atoms with Crippen molar-refractivity contribution in [3.05, 3.63) is 16.1 Å². The first kappa shape index (κ1) is 13.0. The average Bonchev–Trinajstić information content (AvgIpc) is 2.30. The standard InChI is InChI=1S/C12H19IN4/c1-10(2)8-16-3-5-17(6-4-16)12-11(13)7-14-9-15-12/h7,9-10H,3-6,8H2,1-2H3. The zero-order valence-corrected chi connectivity index (χ0v) is 12.6. The minimum absolute atomic E-state index is 0.751. The lowest BCUT2D eigenvalue weighted by atomic mass is 10.2. The molecule has 0 saturated carbocycles. The molecule has 1 fully saturated rings. The van der Waals surface area contributed by atoms with Gasteiger partial charge in [0.05, 0.1) is 3.57 Å². The maximum Gasteiger partial charge on any atom is 0.145 e. The molecule has 0 aromatic carbocycles. The predicted octanol–water partition coefficient (Wildman–Crippen LogP) is 1.86. The first-order valence-electron chi connectivity index (χ1n) is 6.09. The van der Waals surface area contributed by atoms with Gasteiger partial charge in [0, 0.05) is 38.9 Å². The van der Waals surface area contributed by atoms with Crippen LogP contribution in [0.15, 0.2) is 12.5 Å². The van der Waals surface area contributed by atoms with Crippen LogP contribution in [0.3, 0.4) is 0 Å². The third kappa shape index (κ3) is 3.51. The van der Waals surface area contributed by atoms with Gasteiger partial charge in [0.2, 0.25) is 0 Å². The third-order valence-electron chi connectivity index (χ3n) is 2.94. The van der Waals surface area contributed by atoms with Crippen molar-refractivity contribution in [2.45, 2.75) is 13.8 Å². The highest BCUT2D eigenvalue weighted by atomic mass is 127. The molecule has 4 nitrogen and oxygen atoms in total. The van der Waals surface area contributed by atoms with Gasteiger partial charge in [-0.15, -0.1) is 0 Å². The molecule has 0 spiro atoms. The molecule has 0 amide bonds. The summed E-state index contributed by atoms with van der Waals surface area (Å²) in [5.41, 5.74) is 0. The predicted molar refractivity (Wildman–Crippen MR) is 78.2 cm³/mol. The monoisotopic (exact) mass is 346 g/mol. The molecule has 2 rings (SSSR count). The van der Waals surface area contributed by atoms with Gasteiger partial charge in [0.15, 0.2) is 0 Å². The van der Waals surface area contributed by atoms with E-state index in [2.05, 4.69) is 56.2 Å². The fourth-order valence-corrected chi connectivity index (χ4v) is 2.84. The molecular formula is C12H19IN4. The van der Waals surface area contributed by atoms with Crippen LogP contribution in [0.1, 0.15) is 13.8 Å². The summed E-state index contributed by atoms with van der Waals surface area (Å²) in [4.78, 5) is 13.3. The SMILES string of the molecule is CC(C)CN1CCN(c2ncncc2I)CC1. The summed E-state index contributed by atoms with van der Waals surface area (Å²) in [6.07, 6.45) is 3.52. The van der Waals surface area contributed by atoms with E-state index in [-0.39, 0.29) is 0 Å². The van der Waals surface area contributed by atoms with Gasteiger partial charge in [-0.25, -0.2) is 9.97 Å². The molecule has 0 aliphatic carbocycles. The van der Waals surface area contributed by atoms with Crippen molar-refractivity contribution < 1.29 is 0 Å². The van der Waals surface area contributed by atoms with Crippen LogP contribution in [0.2, 0.25) is 0 Å². The quantitative estimate of drug-likeness (QED) is 0.782. The molecule has 2 heterocycles. The topological polar surface area (TPSA) is 32.3 Å². The lowest BCUT2D eigenvalue weighted by Gasteiger charge is -2.36. The van der Waals surface area contributed by atoms with E-state index in [0.29, 0.717) is 0 Å². The number of aromatic nitrogens is 2. The molecule has 5 heteroatoms. The van der Waals surface area contributed by atoms with Crippen LogP contribution in [0, 0.1) is 9.49 Å². The van der Waals surface area contributed by atoms with E-state index in [4.69, 9.17) is 0 Å². The Morgan fingerprint density at radius 2 is 2.00 bits per heavy atom. The molecule has 1 saturated heterocycles. The number of rotatable bonds is 3. The van der Waals surface area contributed by atoms with Crippen LogP contribution in [-0.2, 0) is 0 Å². The Hall–Kier alpha value is -0.430. The van der Waals surface area contributed by atoms with Gasteiger partial charge in [0.1, 0.15) is 12.1 Å². The van der Waals surface area contributed by atoms with Crippen molar-refractivity contribution in [2.24, 2.45) is 5.92 Å². The van der Waals surface area contributed by atoms with Gasteiger partial charge in [-0.05, 0) is 28.5 Å². The largest absolute Gasteiger partial charge is 0.353 e. The molecule has 1 aromatic rings. The normalized spacial score (nSPS) is 17.8. The van der Waals surface area contributed by atoms with Crippen LogP contribution in [-0.4, -0.2) is 47.6 Å². The van der Waals surface area contributed by atoms with E-state index in [0.717, 1.165) is 41.5 Å². The fraction of sp³-hybridized carbons (Fsp3) is 0.667. The van der Waals surface area contributed by atoms with Crippen LogP contribution in [0.25, 0.3) is 0 Å². The molecule has 0 N–H and O–H groups in total. The van der Waals surface area contributed by atoms with Crippen LogP contribution in [0.5, 0.6) is 0 Å². The minimum atomic E-state index is 0.751. The Morgan fingerprint density at radius 1 is 1.29 bits per heavy atom. The van der Waals surface area contributed by atoms with E-state index >= 15 is 0 Å². The number of hydrogen-bond acceptors (Lipinski definition) is 4. The number of anilines is 1. The Balaban J connectivity index is 1.93. The van der Waals surface area contributed by atoms with E-state index in [1.165, 1.54) is 6.54 Å². The summed E-state index contributed by atoms with van der Waals surface area (Å²) in [5, 5.41) is 0. The molecule has 1 aliphatic rings. The van der Waals surface area contributed by atoms with Gasteiger partial charge in [-0.3, -0.25) is 4.90 Å². The van der Waals surface area contributed by atoms with Crippen LogP contribution < -0.4 is 4.90 Å². The van der Waals surface area contributed by atoms with Gasteiger partial charge in [0.25, 0.3) is 0 Å². The van der Waals surface area contributed by atoms with E-state index in [9.17, 15) is 0 Å². The molecular weight excluding hydrogens is 327 g/mol. The Bertz CT molecular complexity index is 361. The second-order valence-corrected chi connectivity index (χ2v) is 6.04. The Labute approximate surface area is 117 Å². The van der Waals surface area contributed by atoms with Crippen molar-refractivity contribution in [2.75, 3.05) is 37.6 Å². The molecule has 1 aliphatic heterocycles. The second-order valence-electron chi connectivity index (χ2n) is 4.88. The van der Waals surface area contributed by atoms with Gasteiger partial charge in [-0.1, -0.05) is 13.8 Å². The summed E-state index contributed by atoms with van der Waals surface area (Å²) >= 11 is 2.31. The molecule has 0 bridgehead atoms. The first-order chi connectivity index (χ1) is 8.16. The molecule has 0 radical (unpaired) electrons. The Kier molecular flexibility index (Phi) is 4.55. The van der Waals surface area contributed by atoms with E-state index in [1.807, 2.05) is 6.20 Å². The van der Waals surface area contributed by atoms with Crippen LogP contribution in [0.4, 0.5) is 5.82 Å². The maximum atomic E-state index is 4.38. The smallest absolute Gasteiger partial charge is 0.145 e. The highest BCUT2D eigenvalue weighted by Crippen LogP contribution is 2.19. The van der Waals surface area contributed by atoms with Gasteiger partial charge < -0.3 is 4.90 Å². The fourth-order valence-electron chi connectivity index (χ4n) is 2.20. The van der Waals surface area contributed by atoms with E-state index in [1.54, 1.807) is 6.33 Å². The van der Waals surface area contributed by atoms with Crippen molar-refractivity contribution in [1.82, 2.24) is 14.9 Å². The summed E-state index contributed by atoms with van der Waals surface area (Å²) < 4.78 is 1.14. The number of piperazine rings is 1. The van der Waals surface area contributed by atoms with Gasteiger partial charge in [-0.2, -0.15) is 0 Å². The van der Waals surface area contributed by atoms with Crippen molar-refractivity contribution >= 4 is 28.4 Å². The lowest BCUT2D eigenvalue weighted by molar-refractivity contribution is 0.231. The second kappa shape index (κ2) is 5.95. The van der Waals surface area contributed by atoms with E-state index < -0.39 is 0 Å². The van der Waals surface area contributed by atoms with Crippen LogP contribution >= 0.6 is 22.6 Å². The highest BCUT2D eigenvalue weighted by molar-refractivity contribution is 14.1. The zero-order chi connectivity index (χ0) is 12.3. The van der Waals surface area contributed by atoms with Crippen molar-refractivity contribution in [3.8, 4) is 0 Å². The van der Waals surface area contributed by atoms with Crippen molar-refractivity contribution in [1.29, 1.82) is 0 Å². The Morgan fingerprint density at radius 3 is 2.59 bits per heavy atom. The summed E-state index contributed by atoms with van der Waals surface area (Å²) in [5.74, 6) is 1.84. The number of hydrogen-bond donors (Lipinski definition) is 0. The van der Waals surface area contributed by atoms with Crippen molar-refractivity contribution in [3.63, 3.8) is 0 Å². The average molecular weight is 346 g/mol. The summed E-state index contributed by atoms with van der Waals surface area (Å²) in [6.45, 7) is 10.2. The molecule has 1 aromatic heterocycles. The summed E-state index contributed by atoms with van der Waals surface area (Å²) in [7, 11) is 0. The molecule has 17 heavy (non-hydrogen) atoms. The molecule has 0 atom stereocenters.